The summed E-state index contributed by atoms with van der Waals surface area (Å²) in [5.74, 6) is 1.09. The minimum atomic E-state index is 0.0561. The minimum Gasteiger partial charge on any atom is -0.353 e. The topological polar surface area (TPSA) is 59.8 Å². The van der Waals surface area contributed by atoms with Crippen LogP contribution >= 0.6 is 23.4 Å². The second-order valence-corrected chi connectivity index (χ2v) is 8.09. The Labute approximate surface area is 157 Å². The third-order valence-electron chi connectivity index (χ3n) is 4.58. The van der Waals surface area contributed by atoms with Gasteiger partial charge in [0.1, 0.15) is 6.33 Å². The maximum atomic E-state index is 12.2. The van der Waals surface area contributed by atoms with Crippen LogP contribution in [0.4, 0.5) is 0 Å². The molecule has 0 bridgehead atoms. The van der Waals surface area contributed by atoms with Crippen LogP contribution in [0.5, 0.6) is 0 Å². The Morgan fingerprint density at radius 1 is 1.44 bits per heavy atom. The number of amides is 1. The molecule has 2 unspecified atom stereocenters. The summed E-state index contributed by atoms with van der Waals surface area (Å²) >= 11 is 7.60. The van der Waals surface area contributed by atoms with Crippen LogP contribution in [0.2, 0.25) is 5.02 Å². The van der Waals surface area contributed by atoms with E-state index in [4.69, 9.17) is 11.6 Å². The van der Waals surface area contributed by atoms with Gasteiger partial charge in [-0.05, 0) is 43.4 Å². The van der Waals surface area contributed by atoms with E-state index in [0.29, 0.717) is 27.9 Å². The van der Waals surface area contributed by atoms with Gasteiger partial charge in [-0.2, -0.15) is 0 Å². The van der Waals surface area contributed by atoms with E-state index in [1.165, 1.54) is 24.6 Å². The lowest BCUT2D eigenvalue weighted by Gasteiger charge is -2.27. The molecule has 1 saturated carbocycles. The Hall–Kier alpha value is -1.53. The predicted octanol–water partition coefficient (Wildman–Crippen LogP) is 4.02. The number of rotatable bonds is 5. The van der Waals surface area contributed by atoms with Crippen molar-refractivity contribution < 1.29 is 4.79 Å². The molecule has 7 heteroatoms. The van der Waals surface area contributed by atoms with Gasteiger partial charge in [-0.3, -0.25) is 9.36 Å². The molecule has 1 N–H and O–H groups in total. The number of hydrogen-bond acceptors (Lipinski definition) is 4. The Morgan fingerprint density at radius 2 is 2.28 bits per heavy atom. The Kier molecular flexibility index (Phi) is 6.02. The van der Waals surface area contributed by atoms with Crippen molar-refractivity contribution in [1.82, 2.24) is 20.1 Å². The fourth-order valence-corrected chi connectivity index (χ4v) is 4.11. The Balaban J connectivity index is 1.59. The lowest BCUT2D eigenvalue weighted by Crippen LogP contribution is -2.38. The fourth-order valence-electron chi connectivity index (χ4n) is 3.20. The SMILES string of the molecule is Cc1ccc(-n2cnnc2SCC(=O)NC2CCCC(C)C2)cc1Cl. The zero-order chi connectivity index (χ0) is 17.8. The first-order valence-corrected chi connectivity index (χ1v) is 9.98. The maximum Gasteiger partial charge on any atom is 0.230 e. The first-order valence-electron chi connectivity index (χ1n) is 8.61. The molecular weight excluding hydrogens is 356 g/mol. The number of aryl methyl sites for hydroxylation is 1. The number of nitrogens with zero attached hydrogens (tertiary/aromatic N) is 3. The molecule has 134 valence electrons. The molecule has 3 rings (SSSR count). The van der Waals surface area contributed by atoms with E-state index in [9.17, 15) is 4.79 Å². The van der Waals surface area contributed by atoms with Crippen LogP contribution < -0.4 is 5.32 Å². The molecule has 1 fully saturated rings. The van der Waals surface area contributed by atoms with Crippen molar-refractivity contribution in [3.63, 3.8) is 0 Å². The lowest BCUT2D eigenvalue weighted by molar-refractivity contribution is -0.119. The van der Waals surface area contributed by atoms with E-state index < -0.39 is 0 Å². The molecule has 0 saturated heterocycles. The molecule has 1 amide bonds. The summed E-state index contributed by atoms with van der Waals surface area (Å²) in [7, 11) is 0. The highest BCUT2D eigenvalue weighted by Crippen LogP contribution is 2.25. The molecule has 1 aromatic carbocycles. The molecule has 1 aliphatic carbocycles. The third-order valence-corrected chi connectivity index (χ3v) is 5.93. The molecule has 0 radical (unpaired) electrons. The first-order chi connectivity index (χ1) is 12.0. The summed E-state index contributed by atoms with van der Waals surface area (Å²) < 4.78 is 1.85. The van der Waals surface area contributed by atoms with Crippen molar-refractivity contribution in [2.45, 2.75) is 50.7 Å². The van der Waals surface area contributed by atoms with Crippen LogP contribution in [0.3, 0.4) is 0 Å². The number of thioether (sulfide) groups is 1. The van der Waals surface area contributed by atoms with Crippen molar-refractivity contribution >= 4 is 29.3 Å². The summed E-state index contributed by atoms with van der Waals surface area (Å²) in [6, 6.07) is 6.13. The van der Waals surface area contributed by atoms with Gasteiger partial charge in [0.15, 0.2) is 5.16 Å². The number of carbonyl (C=O) groups excluding carboxylic acids is 1. The predicted molar refractivity (Wildman–Crippen MR) is 101 cm³/mol. The van der Waals surface area contributed by atoms with Crippen molar-refractivity contribution in [3.05, 3.63) is 35.1 Å². The summed E-state index contributed by atoms with van der Waals surface area (Å²) in [5.41, 5.74) is 1.92. The monoisotopic (exact) mass is 378 g/mol. The standard InChI is InChI=1S/C18H23ClN4OS/c1-12-4-3-5-14(8-12)21-17(24)10-25-18-22-20-11-23(18)15-7-6-13(2)16(19)9-15/h6-7,9,11-12,14H,3-5,8,10H2,1-2H3,(H,21,24). The van der Waals surface area contributed by atoms with E-state index in [2.05, 4.69) is 22.4 Å². The van der Waals surface area contributed by atoms with Crippen LogP contribution in [0.1, 0.15) is 38.2 Å². The zero-order valence-corrected chi connectivity index (χ0v) is 16.1. The largest absolute Gasteiger partial charge is 0.353 e. The average Bonchev–Trinajstić information content (AvgIpc) is 3.04. The fraction of sp³-hybridized carbons (Fsp3) is 0.500. The number of benzene rings is 1. The number of hydrogen-bond donors (Lipinski definition) is 1. The van der Waals surface area contributed by atoms with Gasteiger partial charge in [0, 0.05) is 11.1 Å². The smallest absolute Gasteiger partial charge is 0.230 e. The second-order valence-electron chi connectivity index (χ2n) is 6.74. The highest BCUT2D eigenvalue weighted by Gasteiger charge is 2.20. The zero-order valence-electron chi connectivity index (χ0n) is 14.5. The van der Waals surface area contributed by atoms with E-state index in [0.717, 1.165) is 24.1 Å². The minimum absolute atomic E-state index is 0.0561. The molecule has 0 aliphatic heterocycles. The van der Waals surface area contributed by atoms with Crippen LogP contribution in [-0.2, 0) is 4.79 Å². The first kappa shape index (κ1) is 18.3. The van der Waals surface area contributed by atoms with Gasteiger partial charge < -0.3 is 5.32 Å². The number of aromatic nitrogens is 3. The molecule has 1 aromatic heterocycles. The number of halogens is 1. The van der Waals surface area contributed by atoms with Gasteiger partial charge in [-0.15, -0.1) is 10.2 Å². The highest BCUT2D eigenvalue weighted by molar-refractivity contribution is 7.99. The molecule has 5 nitrogen and oxygen atoms in total. The Bertz CT molecular complexity index is 748. The second kappa shape index (κ2) is 8.23. The van der Waals surface area contributed by atoms with Crippen LogP contribution in [0.25, 0.3) is 5.69 Å². The summed E-state index contributed by atoms with van der Waals surface area (Å²) in [5, 5.41) is 12.6. The van der Waals surface area contributed by atoms with Crippen LogP contribution in [0, 0.1) is 12.8 Å². The van der Waals surface area contributed by atoms with Crippen molar-refractivity contribution in [1.29, 1.82) is 0 Å². The van der Waals surface area contributed by atoms with Crippen molar-refractivity contribution in [2.75, 3.05) is 5.75 Å². The lowest BCUT2D eigenvalue weighted by atomic mass is 9.87. The highest BCUT2D eigenvalue weighted by atomic mass is 35.5. The molecule has 25 heavy (non-hydrogen) atoms. The van der Waals surface area contributed by atoms with Crippen LogP contribution in [-0.4, -0.2) is 32.5 Å². The van der Waals surface area contributed by atoms with Crippen molar-refractivity contribution in [3.8, 4) is 5.69 Å². The quantitative estimate of drug-likeness (QED) is 0.798. The summed E-state index contributed by atoms with van der Waals surface area (Å²) in [4.78, 5) is 12.2. The normalized spacial score (nSPS) is 20.4. The van der Waals surface area contributed by atoms with Gasteiger partial charge in [0.05, 0.1) is 11.4 Å². The van der Waals surface area contributed by atoms with Gasteiger partial charge >= 0.3 is 0 Å². The number of nitrogens with one attached hydrogen (secondary N) is 1. The van der Waals surface area contributed by atoms with Crippen molar-refractivity contribution in [2.24, 2.45) is 5.92 Å². The van der Waals surface area contributed by atoms with Crippen LogP contribution in [0.15, 0.2) is 29.7 Å². The third kappa shape index (κ3) is 4.76. The van der Waals surface area contributed by atoms with Gasteiger partial charge in [-0.1, -0.05) is 49.2 Å². The molecule has 2 atom stereocenters. The Morgan fingerprint density at radius 3 is 3.04 bits per heavy atom. The van der Waals surface area contributed by atoms with Gasteiger partial charge in [0.25, 0.3) is 0 Å². The molecule has 1 aliphatic rings. The maximum absolute atomic E-state index is 12.2. The van der Waals surface area contributed by atoms with Gasteiger partial charge in [-0.25, -0.2) is 0 Å². The average molecular weight is 379 g/mol. The summed E-state index contributed by atoms with van der Waals surface area (Å²) in [6.07, 6.45) is 6.27. The molecular formula is C18H23ClN4OS. The van der Waals surface area contributed by atoms with E-state index >= 15 is 0 Å². The van der Waals surface area contributed by atoms with Gasteiger partial charge in [0.2, 0.25) is 5.91 Å². The molecule has 2 aromatic rings. The molecule has 1 heterocycles. The van der Waals surface area contributed by atoms with E-state index in [-0.39, 0.29) is 5.91 Å². The number of carbonyl (C=O) groups is 1. The van der Waals surface area contributed by atoms with E-state index in [1.807, 2.05) is 29.7 Å². The van der Waals surface area contributed by atoms with E-state index in [1.54, 1.807) is 6.33 Å². The summed E-state index contributed by atoms with van der Waals surface area (Å²) in [6.45, 7) is 4.21. The molecule has 0 spiro atoms.